The molecule has 0 aliphatic heterocycles. The van der Waals surface area contributed by atoms with Crippen LogP contribution in [0.5, 0.6) is 0 Å². The van der Waals surface area contributed by atoms with Gasteiger partial charge in [0.05, 0.1) is 19.8 Å². The molecule has 0 radical (unpaired) electrons. The average molecular weight is 804 g/mol. The Bertz CT molecular complexity index is 817. The van der Waals surface area contributed by atoms with Crippen LogP contribution in [0.2, 0.25) is 0 Å². The maximum absolute atomic E-state index is 12.6. The van der Waals surface area contributed by atoms with Gasteiger partial charge in [-0.1, -0.05) is 232 Å². The van der Waals surface area contributed by atoms with Gasteiger partial charge in [0.1, 0.15) is 6.10 Å². The molecule has 0 aliphatic rings. The van der Waals surface area contributed by atoms with E-state index in [0.717, 1.165) is 32.1 Å². The second-order valence-electron chi connectivity index (χ2n) is 16.3. The fourth-order valence-electron chi connectivity index (χ4n) is 7.24. The Morgan fingerprint density at radius 3 is 1.15 bits per heavy atom. The molecule has 0 aliphatic carbocycles. The van der Waals surface area contributed by atoms with E-state index in [4.69, 9.17) is 24.3 Å². The lowest BCUT2D eigenvalue weighted by atomic mass is 10.0. The van der Waals surface area contributed by atoms with E-state index in [9.17, 15) is 14.3 Å². The highest BCUT2D eigenvalue weighted by molar-refractivity contribution is 7.47. The molecule has 9 heteroatoms. The zero-order valence-electron chi connectivity index (χ0n) is 36.7. The van der Waals surface area contributed by atoms with Gasteiger partial charge in [-0.3, -0.25) is 13.8 Å². The van der Waals surface area contributed by atoms with Crippen molar-refractivity contribution in [3.05, 3.63) is 0 Å². The summed E-state index contributed by atoms with van der Waals surface area (Å²) in [5.74, 6) is -0.323. The Balaban J connectivity index is 3.87. The smallest absolute Gasteiger partial charge is 0.457 e. The topological polar surface area (TPSA) is 117 Å². The SMILES string of the molecule is CCCCCCCCCCCCCCCCCCCCCCCCOCC(COP(=O)(O)OCCN)OC(=O)CCCCCCCCCCCCCCCC. The molecule has 0 rings (SSSR count). The molecule has 0 bridgehead atoms. The zero-order chi connectivity index (χ0) is 40.2. The molecule has 0 aromatic carbocycles. The fourth-order valence-corrected chi connectivity index (χ4v) is 8.00. The molecule has 0 aromatic heterocycles. The third kappa shape index (κ3) is 44.4. The Morgan fingerprint density at radius 1 is 0.473 bits per heavy atom. The molecular formula is C46H94NO7P. The standard InChI is InChI=1S/C46H94NO7P/c1-3-5-7-9-11-13-15-17-19-20-21-22-23-24-25-26-28-30-32-34-36-38-41-51-43-45(44-53-55(49,50)52-42-40-47)54-46(48)39-37-35-33-31-29-27-18-16-14-12-10-8-6-4-2/h45H,3-44,47H2,1-2H3,(H,49,50). The van der Waals surface area contributed by atoms with Crippen molar-refractivity contribution in [1.29, 1.82) is 0 Å². The molecule has 0 amide bonds. The van der Waals surface area contributed by atoms with Crippen LogP contribution in [0, 0.1) is 0 Å². The maximum Gasteiger partial charge on any atom is 0.472 e. The van der Waals surface area contributed by atoms with E-state index in [1.54, 1.807) is 0 Å². The van der Waals surface area contributed by atoms with E-state index in [-0.39, 0.29) is 32.3 Å². The molecule has 8 nitrogen and oxygen atoms in total. The van der Waals surface area contributed by atoms with Crippen molar-refractivity contribution in [3.8, 4) is 0 Å². The Kier molecular flexibility index (Phi) is 44.2. The van der Waals surface area contributed by atoms with Crippen LogP contribution in [0.15, 0.2) is 0 Å². The first-order valence-electron chi connectivity index (χ1n) is 24.0. The number of esters is 1. The van der Waals surface area contributed by atoms with E-state index < -0.39 is 13.9 Å². The van der Waals surface area contributed by atoms with Gasteiger partial charge in [-0.05, 0) is 12.8 Å². The van der Waals surface area contributed by atoms with Gasteiger partial charge in [-0.15, -0.1) is 0 Å². The summed E-state index contributed by atoms with van der Waals surface area (Å²) >= 11 is 0. The summed E-state index contributed by atoms with van der Waals surface area (Å²) in [5.41, 5.74) is 5.38. The zero-order valence-corrected chi connectivity index (χ0v) is 37.6. The molecule has 0 heterocycles. The van der Waals surface area contributed by atoms with E-state index >= 15 is 0 Å². The van der Waals surface area contributed by atoms with Crippen molar-refractivity contribution in [2.75, 3.05) is 33.0 Å². The van der Waals surface area contributed by atoms with Gasteiger partial charge in [-0.2, -0.15) is 0 Å². The van der Waals surface area contributed by atoms with Gasteiger partial charge < -0.3 is 20.1 Å². The fraction of sp³-hybridized carbons (Fsp3) is 0.978. The van der Waals surface area contributed by atoms with Crippen molar-refractivity contribution in [2.45, 2.75) is 258 Å². The molecule has 330 valence electrons. The molecule has 0 saturated carbocycles. The molecule has 55 heavy (non-hydrogen) atoms. The number of hydrogen-bond acceptors (Lipinski definition) is 7. The number of carbonyl (C=O) groups is 1. The van der Waals surface area contributed by atoms with Gasteiger partial charge >= 0.3 is 13.8 Å². The maximum atomic E-state index is 12.6. The number of ether oxygens (including phenoxy) is 2. The lowest BCUT2D eigenvalue weighted by molar-refractivity contribution is -0.154. The predicted octanol–water partition coefficient (Wildman–Crippen LogP) is 14.5. The number of phosphoric acid groups is 1. The lowest BCUT2D eigenvalue weighted by Gasteiger charge is -2.20. The average Bonchev–Trinajstić information content (AvgIpc) is 3.17. The second kappa shape index (κ2) is 44.6. The first-order valence-corrected chi connectivity index (χ1v) is 25.5. The highest BCUT2D eigenvalue weighted by Crippen LogP contribution is 2.43. The Labute approximate surface area is 341 Å². The molecule has 2 atom stereocenters. The van der Waals surface area contributed by atoms with Crippen molar-refractivity contribution in [1.82, 2.24) is 0 Å². The molecule has 0 fully saturated rings. The van der Waals surface area contributed by atoms with Gasteiger partial charge in [0.2, 0.25) is 0 Å². The van der Waals surface area contributed by atoms with Gasteiger partial charge in [0, 0.05) is 19.6 Å². The van der Waals surface area contributed by atoms with Crippen LogP contribution in [-0.4, -0.2) is 49.9 Å². The highest BCUT2D eigenvalue weighted by Gasteiger charge is 2.25. The van der Waals surface area contributed by atoms with Crippen LogP contribution in [-0.2, 0) is 27.9 Å². The molecule has 2 unspecified atom stereocenters. The number of unbranched alkanes of at least 4 members (excludes halogenated alkanes) is 34. The Morgan fingerprint density at radius 2 is 0.800 bits per heavy atom. The normalized spacial score (nSPS) is 13.3. The minimum Gasteiger partial charge on any atom is -0.457 e. The highest BCUT2D eigenvalue weighted by atomic mass is 31.2. The number of rotatable bonds is 47. The summed E-state index contributed by atoms with van der Waals surface area (Å²) in [7, 11) is -4.27. The minimum absolute atomic E-state index is 0.0899. The number of hydrogen-bond donors (Lipinski definition) is 2. The van der Waals surface area contributed by atoms with E-state index in [0.29, 0.717) is 13.0 Å². The number of carbonyl (C=O) groups excluding carboxylic acids is 1. The molecular weight excluding hydrogens is 709 g/mol. The lowest BCUT2D eigenvalue weighted by Crippen LogP contribution is -2.28. The van der Waals surface area contributed by atoms with E-state index in [2.05, 4.69) is 13.8 Å². The van der Waals surface area contributed by atoms with Gasteiger partial charge in [0.15, 0.2) is 0 Å². The Hall–Kier alpha value is -0.500. The first kappa shape index (κ1) is 54.5. The summed E-state index contributed by atoms with van der Waals surface area (Å²) in [6.07, 6.45) is 47.0. The van der Waals surface area contributed by atoms with Crippen molar-refractivity contribution in [3.63, 3.8) is 0 Å². The van der Waals surface area contributed by atoms with E-state index in [1.807, 2.05) is 0 Å². The minimum atomic E-state index is -4.27. The van der Waals surface area contributed by atoms with Crippen molar-refractivity contribution >= 4 is 13.8 Å². The summed E-state index contributed by atoms with van der Waals surface area (Å²) < 4.78 is 33.5. The third-order valence-corrected chi connectivity index (χ3v) is 11.8. The number of nitrogens with two attached hydrogens (primary N) is 1. The van der Waals surface area contributed by atoms with Gasteiger partial charge in [0.25, 0.3) is 0 Å². The first-order chi connectivity index (χ1) is 26.9. The molecule has 0 spiro atoms. The molecule has 0 saturated heterocycles. The summed E-state index contributed by atoms with van der Waals surface area (Å²) in [6.45, 7) is 4.99. The van der Waals surface area contributed by atoms with Crippen LogP contribution in [0.1, 0.15) is 251 Å². The van der Waals surface area contributed by atoms with Crippen LogP contribution in [0.25, 0.3) is 0 Å². The quantitative estimate of drug-likeness (QED) is 0.0355. The number of phosphoric ester groups is 1. The molecule has 0 aromatic rings. The van der Waals surface area contributed by atoms with Crippen molar-refractivity contribution < 1.29 is 32.8 Å². The predicted molar refractivity (Wildman–Crippen MR) is 234 cm³/mol. The van der Waals surface area contributed by atoms with Gasteiger partial charge in [-0.25, -0.2) is 4.57 Å². The van der Waals surface area contributed by atoms with Crippen LogP contribution >= 0.6 is 7.82 Å². The monoisotopic (exact) mass is 804 g/mol. The van der Waals surface area contributed by atoms with Crippen LogP contribution in [0.3, 0.4) is 0 Å². The summed E-state index contributed by atoms with van der Waals surface area (Å²) in [4.78, 5) is 22.5. The third-order valence-electron chi connectivity index (χ3n) is 10.8. The summed E-state index contributed by atoms with van der Waals surface area (Å²) in [5, 5.41) is 0. The van der Waals surface area contributed by atoms with Crippen LogP contribution in [0.4, 0.5) is 0 Å². The van der Waals surface area contributed by atoms with Crippen LogP contribution < -0.4 is 5.73 Å². The second-order valence-corrected chi connectivity index (χ2v) is 17.8. The van der Waals surface area contributed by atoms with Crippen molar-refractivity contribution in [2.24, 2.45) is 5.73 Å². The largest absolute Gasteiger partial charge is 0.472 e. The summed E-state index contributed by atoms with van der Waals surface area (Å²) in [6, 6.07) is 0. The van der Waals surface area contributed by atoms with E-state index in [1.165, 1.54) is 199 Å². The molecule has 3 N–H and O–H groups in total.